The highest BCUT2D eigenvalue weighted by atomic mass is 19.2. The predicted octanol–water partition coefficient (Wildman–Crippen LogP) is 19.4. The van der Waals surface area contributed by atoms with Crippen LogP contribution in [0.4, 0.5) is 18.9 Å². The van der Waals surface area contributed by atoms with Gasteiger partial charge in [0.2, 0.25) is 5.69 Å². The van der Waals surface area contributed by atoms with Crippen molar-refractivity contribution in [3.05, 3.63) is 256 Å². The monoisotopic (exact) mass is 1240 g/mol. The molecule has 0 aromatic heterocycles. The standard InChI is InChI=1S/C14H8N4.C12H9N3.C10H8N2.2C10H14.C9H9F3.C8H8O2.5CH4/c1-9-5-12(14(8-16)18-4)10(2)6-11(9)13(7-15)17-3;1-7-8(2)11(6-14)12(15-4)9(3)10(7)5-13;1-7-3-10(6-12)8(2)4-9(7)5-11;2*1-7-5-9(3)10(4)6-8(7)2;1-4-5(2)8(11)9(12)6(3)7(4)10;1-5-3-8(10)6(2)4-7(5)9;;;;;/h5-6H,1-2H3;1-3H3;3-4H,1-2H3;2*5-6H,1-4H3;1-3H3;3-4H,1-2H3;5*1H4/b13-11-,14-12+;;;;;;;;;;;. The summed E-state index contributed by atoms with van der Waals surface area (Å²) >= 11 is 0. The van der Waals surface area contributed by atoms with Gasteiger partial charge in [-0.2, -0.15) is 21.0 Å². The van der Waals surface area contributed by atoms with Crippen LogP contribution in [0.3, 0.4) is 0 Å². The molecular formula is C78H90F3N9O2. The van der Waals surface area contributed by atoms with E-state index in [-0.39, 0.29) is 76.8 Å². The third kappa shape index (κ3) is 23.5. The molecule has 11 nitrogen and oxygen atoms in total. The van der Waals surface area contributed by atoms with E-state index in [9.17, 15) is 22.8 Å². The van der Waals surface area contributed by atoms with E-state index in [4.69, 9.17) is 51.3 Å². The van der Waals surface area contributed by atoms with Crippen LogP contribution in [0.25, 0.3) is 25.9 Å². The molecule has 0 N–H and O–H groups in total. The van der Waals surface area contributed by atoms with Crippen LogP contribution in [0.15, 0.2) is 71.8 Å². The number of nitriles is 6. The molecule has 14 heteroatoms. The molecule has 0 saturated carbocycles. The van der Waals surface area contributed by atoms with Crippen LogP contribution in [0, 0.1) is 230 Å². The number of rotatable bonds is 0. The molecule has 0 atom stereocenters. The predicted molar refractivity (Wildman–Crippen MR) is 371 cm³/mol. The van der Waals surface area contributed by atoms with E-state index in [1.165, 1.54) is 77.4 Å². The zero-order chi connectivity index (χ0) is 67.1. The summed E-state index contributed by atoms with van der Waals surface area (Å²) in [5, 5.41) is 54.1. The van der Waals surface area contributed by atoms with Crippen molar-refractivity contribution >= 4 is 28.6 Å². The zero-order valence-electron chi connectivity index (χ0n) is 53.2. The average Bonchev–Trinajstić information content (AvgIpc) is 0.815. The van der Waals surface area contributed by atoms with Crippen molar-refractivity contribution in [2.24, 2.45) is 0 Å². The normalized spacial score (nSPS) is 10.5. The number of carbonyl (C=O) groups is 2. The van der Waals surface area contributed by atoms with E-state index in [1.807, 2.05) is 32.1 Å². The van der Waals surface area contributed by atoms with Gasteiger partial charge >= 0.3 is 0 Å². The summed E-state index contributed by atoms with van der Waals surface area (Å²) in [6.07, 6.45) is 2.75. The van der Waals surface area contributed by atoms with Gasteiger partial charge in [-0.05, 0) is 257 Å². The summed E-state index contributed by atoms with van der Waals surface area (Å²) in [6.45, 7) is 57.9. The van der Waals surface area contributed by atoms with Gasteiger partial charge in [0.25, 0.3) is 11.4 Å². The van der Waals surface area contributed by atoms with Crippen LogP contribution in [0.1, 0.15) is 173 Å². The fourth-order valence-electron chi connectivity index (χ4n) is 8.27. The summed E-state index contributed by atoms with van der Waals surface area (Å²) in [4.78, 5) is 31.4. The molecule has 7 rings (SSSR count). The van der Waals surface area contributed by atoms with Gasteiger partial charge in [0.1, 0.15) is 5.82 Å². The minimum absolute atomic E-state index is 0. The summed E-state index contributed by atoms with van der Waals surface area (Å²) < 4.78 is 38.7. The third-order valence-electron chi connectivity index (χ3n) is 14.7. The van der Waals surface area contributed by atoms with Crippen molar-refractivity contribution in [1.82, 2.24) is 0 Å². The second-order valence-electron chi connectivity index (χ2n) is 20.9. The second-order valence-corrected chi connectivity index (χ2v) is 20.9. The molecular weight excluding hydrogens is 1150 g/mol. The Morgan fingerprint density at radius 1 is 0.348 bits per heavy atom. The number of carbonyl (C=O) groups excluding carboxylic acids is 2. The van der Waals surface area contributed by atoms with E-state index in [0.717, 1.165) is 22.3 Å². The molecule has 1 aliphatic carbocycles. The summed E-state index contributed by atoms with van der Waals surface area (Å²) in [6, 6.07) is 27.7. The Kier molecular flexibility index (Phi) is 40.4. The Balaban J connectivity index is -0.000000320. The molecule has 0 amide bonds. The third-order valence-corrected chi connectivity index (χ3v) is 14.7. The largest absolute Gasteiger partial charge is 0.290 e. The van der Waals surface area contributed by atoms with Crippen LogP contribution in [0.2, 0.25) is 0 Å². The van der Waals surface area contributed by atoms with E-state index in [2.05, 4.69) is 112 Å². The molecule has 0 bridgehead atoms. The average molecular weight is 1240 g/mol. The number of benzene rings is 6. The quantitative estimate of drug-likeness (QED) is 0.0815. The van der Waals surface area contributed by atoms with Crippen molar-refractivity contribution in [1.29, 1.82) is 31.6 Å². The lowest BCUT2D eigenvalue weighted by Crippen LogP contribution is -2.19. The summed E-state index contributed by atoms with van der Waals surface area (Å²) in [5.41, 5.74) is 19.9. The maximum absolute atomic E-state index is 13.0. The molecule has 0 aliphatic heterocycles. The molecule has 6 aromatic carbocycles. The topological polar surface area (TPSA) is 190 Å². The highest BCUT2D eigenvalue weighted by Gasteiger charge is 2.18. The number of allylic oxidation sites excluding steroid dienone is 4. The van der Waals surface area contributed by atoms with Crippen molar-refractivity contribution in [2.45, 2.75) is 176 Å². The molecule has 0 saturated heterocycles. The summed E-state index contributed by atoms with van der Waals surface area (Å²) in [5.74, 6) is -2.82. The molecule has 0 heterocycles. The fraction of sp³-hybridized carbons (Fsp3) is 0.321. The minimum Gasteiger partial charge on any atom is -0.290 e. The molecule has 1 aliphatic rings. The maximum atomic E-state index is 13.0. The molecule has 0 fully saturated rings. The van der Waals surface area contributed by atoms with Gasteiger partial charge in [0, 0.05) is 22.3 Å². The number of nitrogens with zero attached hydrogens (tertiary/aromatic N) is 9. The maximum Gasteiger partial charge on any atom is 0.269 e. The van der Waals surface area contributed by atoms with Gasteiger partial charge in [0.15, 0.2) is 23.2 Å². The Labute approximate surface area is 548 Å². The zero-order valence-corrected chi connectivity index (χ0v) is 53.2. The first-order valence-corrected chi connectivity index (χ1v) is 26.9. The van der Waals surface area contributed by atoms with Crippen LogP contribution in [0.5, 0.6) is 0 Å². The van der Waals surface area contributed by atoms with Gasteiger partial charge < -0.3 is 0 Å². The summed E-state index contributed by atoms with van der Waals surface area (Å²) in [7, 11) is 0. The second kappa shape index (κ2) is 41.3. The SMILES string of the molecule is C.C.C.C.C.CC1=CC(=O)C(C)=CC1=O.Cc1c(C)c(F)c(F)c(C)c1F.Cc1cc(C#N)c(C)cc1C#N.Cc1cc(C)c(C)cc1C.Cc1cc(C)c(C)cc1C.[C-]#[N+]/C(C#N)=c1/cc(C)/c(=C(\C#N)[N+]#[C-])cc1C.[C-]#[N+]c1c(C)c(C#N)c(C)c(C)c1C#N. The van der Waals surface area contributed by atoms with Gasteiger partial charge in [-0.3, -0.25) is 9.59 Å². The van der Waals surface area contributed by atoms with Crippen molar-refractivity contribution in [2.75, 3.05) is 0 Å². The Bertz CT molecular complexity index is 3910. The number of hydrogen-bond acceptors (Lipinski definition) is 8. The molecule has 92 heavy (non-hydrogen) atoms. The van der Waals surface area contributed by atoms with Gasteiger partial charge in [-0.15, -0.1) is 0 Å². The Morgan fingerprint density at radius 3 is 0.891 bits per heavy atom. The van der Waals surface area contributed by atoms with E-state index in [0.29, 0.717) is 66.2 Å². The van der Waals surface area contributed by atoms with E-state index in [1.54, 1.807) is 72.7 Å². The Hall–Kier alpha value is -10.9. The number of halogens is 3. The van der Waals surface area contributed by atoms with Crippen LogP contribution < -0.4 is 10.4 Å². The molecule has 0 spiro atoms. The lowest BCUT2D eigenvalue weighted by molar-refractivity contribution is -0.115. The van der Waals surface area contributed by atoms with E-state index >= 15 is 0 Å². The molecule has 480 valence electrons. The van der Waals surface area contributed by atoms with Gasteiger partial charge in [-0.1, -0.05) is 84.7 Å². The van der Waals surface area contributed by atoms with Crippen molar-refractivity contribution < 1.29 is 22.8 Å². The highest BCUT2D eigenvalue weighted by Crippen LogP contribution is 2.32. The molecule has 0 unspecified atom stereocenters. The van der Waals surface area contributed by atoms with E-state index < -0.39 is 17.5 Å². The Morgan fingerprint density at radius 2 is 0.630 bits per heavy atom. The number of hydrogen-bond donors (Lipinski definition) is 0. The lowest BCUT2D eigenvalue weighted by atomic mass is 9.93. The number of aryl methyl sites for hydroxylation is 12. The smallest absolute Gasteiger partial charge is 0.269 e. The molecule has 6 aromatic rings. The first-order valence-electron chi connectivity index (χ1n) is 26.9. The lowest BCUT2D eigenvalue weighted by Gasteiger charge is -2.10. The van der Waals surface area contributed by atoms with Crippen molar-refractivity contribution in [3.8, 4) is 36.4 Å². The number of ketones is 2. The van der Waals surface area contributed by atoms with Crippen LogP contribution in [-0.2, 0) is 9.59 Å². The van der Waals surface area contributed by atoms with Crippen molar-refractivity contribution in [3.63, 3.8) is 0 Å². The highest BCUT2D eigenvalue weighted by molar-refractivity contribution is 6.19. The molecule has 0 radical (unpaired) electrons. The van der Waals surface area contributed by atoms with Gasteiger partial charge in [-0.25, -0.2) is 38.2 Å². The van der Waals surface area contributed by atoms with Gasteiger partial charge in [0.05, 0.1) is 72.8 Å². The first-order chi connectivity index (χ1) is 40.6. The minimum atomic E-state index is -1.09. The first kappa shape index (κ1) is 89.8. The van der Waals surface area contributed by atoms with Crippen LogP contribution in [-0.4, -0.2) is 11.6 Å². The fourth-order valence-corrected chi connectivity index (χ4v) is 8.27. The van der Waals surface area contributed by atoms with Crippen LogP contribution >= 0.6 is 0 Å².